The highest BCUT2D eigenvalue weighted by Crippen LogP contribution is 2.24. The van der Waals surface area contributed by atoms with Crippen LogP contribution in [-0.2, 0) is 4.74 Å². The molecule has 1 N–H and O–H groups in total. The van der Waals surface area contributed by atoms with E-state index >= 15 is 0 Å². The predicted molar refractivity (Wildman–Crippen MR) is 65.5 cm³/mol. The zero-order valence-electron chi connectivity index (χ0n) is 9.58. The molecule has 0 spiro atoms. The molecule has 0 aromatic carbocycles. The van der Waals surface area contributed by atoms with Gasteiger partial charge in [0.2, 0.25) is 0 Å². The van der Waals surface area contributed by atoms with Crippen molar-refractivity contribution < 1.29 is 4.74 Å². The van der Waals surface area contributed by atoms with Crippen molar-refractivity contribution in [2.75, 3.05) is 25.4 Å². The minimum Gasteiger partial charge on any atom is -0.373 e. The maximum atomic E-state index is 5.73. The summed E-state index contributed by atoms with van der Waals surface area (Å²) in [5.41, 5.74) is 0.0339. The molecule has 2 aliphatic heterocycles. The van der Waals surface area contributed by atoms with Crippen LogP contribution in [0.2, 0.25) is 0 Å². The summed E-state index contributed by atoms with van der Waals surface area (Å²) in [5, 5.41) is 4.51. The van der Waals surface area contributed by atoms with Gasteiger partial charge < -0.3 is 10.1 Å². The molecule has 0 aromatic rings. The SMILES string of the molecule is CC1CN=C(NCC2(C)CCCO2)SC1. The summed E-state index contributed by atoms with van der Waals surface area (Å²) < 4.78 is 5.73. The van der Waals surface area contributed by atoms with Crippen molar-refractivity contribution in [3.8, 4) is 0 Å². The van der Waals surface area contributed by atoms with E-state index < -0.39 is 0 Å². The highest BCUT2D eigenvalue weighted by Gasteiger charge is 2.30. The van der Waals surface area contributed by atoms with Crippen molar-refractivity contribution in [3.63, 3.8) is 0 Å². The fourth-order valence-corrected chi connectivity index (χ4v) is 2.79. The second-order valence-electron chi connectivity index (χ2n) is 4.82. The van der Waals surface area contributed by atoms with Gasteiger partial charge in [0, 0.05) is 25.4 Å². The molecule has 2 atom stereocenters. The lowest BCUT2D eigenvalue weighted by Gasteiger charge is -2.25. The van der Waals surface area contributed by atoms with Gasteiger partial charge in [-0.3, -0.25) is 4.99 Å². The summed E-state index contributed by atoms with van der Waals surface area (Å²) in [6.45, 7) is 7.20. The lowest BCUT2D eigenvalue weighted by molar-refractivity contribution is 0.0246. The first kappa shape index (κ1) is 11.3. The molecule has 0 aromatic heterocycles. The minimum absolute atomic E-state index is 0.0339. The van der Waals surface area contributed by atoms with Crippen LogP contribution in [0.5, 0.6) is 0 Å². The monoisotopic (exact) mass is 228 g/mol. The van der Waals surface area contributed by atoms with Gasteiger partial charge in [-0.1, -0.05) is 18.7 Å². The van der Waals surface area contributed by atoms with Gasteiger partial charge in [0.25, 0.3) is 0 Å². The third kappa shape index (κ3) is 3.11. The first-order valence-electron chi connectivity index (χ1n) is 5.73. The summed E-state index contributed by atoms with van der Waals surface area (Å²) in [4.78, 5) is 4.52. The Morgan fingerprint density at radius 1 is 1.67 bits per heavy atom. The maximum Gasteiger partial charge on any atom is 0.156 e. The number of ether oxygens (including phenoxy) is 1. The number of hydrogen-bond donors (Lipinski definition) is 1. The minimum atomic E-state index is 0.0339. The van der Waals surface area contributed by atoms with Gasteiger partial charge in [-0.05, 0) is 25.7 Å². The number of aliphatic imine (C=N–C) groups is 1. The van der Waals surface area contributed by atoms with Crippen molar-refractivity contribution in [2.45, 2.75) is 32.3 Å². The van der Waals surface area contributed by atoms with E-state index in [1.165, 1.54) is 12.2 Å². The van der Waals surface area contributed by atoms with E-state index in [-0.39, 0.29) is 5.60 Å². The molecular formula is C11H20N2OS. The predicted octanol–water partition coefficient (Wildman–Crippen LogP) is 1.88. The van der Waals surface area contributed by atoms with E-state index in [4.69, 9.17) is 4.74 Å². The molecule has 1 saturated heterocycles. The van der Waals surface area contributed by atoms with Gasteiger partial charge >= 0.3 is 0 Å². The van der Waals surface area contributed by atoms with Gasteiger partial charge in [-0.2, -0.15) is 0 Å². The Morgan fingerprint density at radius 2 is 2.53 bits per heavy atom. The van der Waals surface area contributed by atoms with Crippen molar-refractivity contribution in [2.24, 2.45) is 10.9 Å². The Kier molecular flexibility index (Phi) is 3.57. The molecule has 0 saturated carbocycles. The van der Waals surface area contributed by atoms with Crippen LogP contribution >= 0.6 is 11.8 Å². The molecular weight excluding hydrogens is 208 g/mol. The molecule has 0 aliphatic carbocycles. The molecule has 1 fully saturated rings. The van der Waals surface area contributed by atoms with Gasteiger partial charge in [0.1, 0.15) is 0 Å². The Balaban J connectivity index is 1.78. The molecule has 15 heavy (non-hydrogen) atoms. The summed E-state index contributed by atoms with van der Waals surface area (Å²) in [7, 11) is 0. The highest BCUT2D eigenvalue weighted by atomic mass is 32.2. The van der Waals surface area contributed by atoms with Crippen LogP contribution in [-0.4, -0.2) is 36.2 Å². The molecule has 0 radical (unpaired) electrons. The molecule has 4 heteroatoms. The number of nitrogens with one attached hydrogen (secondary N) is 1. The lowest BCUT2D eigenvalue weighted by Crippen LogP contribution is -2.40. The number of rotatable bonds is 2. The van der Waals surface area contributed by atoms with Crippen molar-refractivity contribution >= 4 is 16.9 Å². The molecule has 2 heterocycles. The third-order valence-electron chi connectivity index (χ3n) is 2.97. The number of amidine groups is 1. The standard InChI is InChI=1S/C11H20N2OS/c1-9-6-12-10(15-7-9)13-8-11(2)4-3-5-14-11/h9H,3-8H2,1-2H3,(H,12,13). The van der Waals surface area contributed by atoms with Gasteiger partial charge in [-0.25, -0.2) is 0 Å². The summed E-state index contributed by atoms with van der Waals surface area (Å²) in [5.74, 6) is 1.91. The molecule has 0 amide bonds. The van der Waals surface area contributed by atoms with Crippen LogP contribution in [0.3, 0.4) is 0 Å². The van der Waals surface area contributed by atoms with Gasteiger partial charge in [-0.15, -0.1) is 0 Å². The van der Waals surface area contributed by atoms with E-state index in [1.54, 1.807) is 0 Å². The van der Waals surface area contributed by atoms with Crippen LogP contribution in [0.4, 0.5) is 0 Å². The zero-order chi connectivity index (χ0) is 10.7. The van der Waals surface area contributed by atoms with E-state index in [0.29, 0.717) is 0 Å². The summed E-state index contributed by atoms with van der Waals surface area (Å²) >= 11 is 1.84. The summed E-state index contributed by atoms with van der Waals surface area (Å²) in [6, 6.07) is 0. The number of nitrogens with zero attached hydrogens (tertiary/aromatic N) is 1. The zero-order valence-corrected chi connectivity index (χ0v) is 10.4. The Bertz CT molecular complexity index is 249. The Labute approximate surface area is 96.1 Å². The van der Waals surface area contributed by atoms with Crippen LogP contribution in [0.25, 0.3) is 0 Å². The van der Waals surface area contributed by atoms with Crippen LogP contribution in [0.1, 0.15) is 26.7 Å². The topological polar surface area (TPSA) is 33.6 Å². The second kappa shape index (κ2) is 4.74. The number of hydrogen-bond acceptors (Lipinski definition) is 4. The normalized spacial score (nSPS) is 36.4. The lowest BCUT2D eigenvalue weighted by atomic mass is 10.0. The van der Waals surface area contributed by atoms with Crippen LogP contribution < -0.4 is 5.32 Å². The fourth-order valence-electron chi connectivity index (χ4n) is 1.90. The largest absolute Gasteiger partial charge is 0.373 e. The van der Waals surface area contributed by atoms with Gasteiger partial charge in [0.05, 0.1) is 5.60 Å². The Morgan fingerprint density at radius 3 is 3.13 bits per heavy atom. The molecule has 3 nitrogen and oxygen atoms in total. The van der Waals surface area contributed by atoms with E-state index in [2.05, 4.69) is 24.2 Å². The van der Waals surface area contributed by atoms with Crippen molar-refractivity contribution in [3.05, 3.63) is 0 Å². The maximum absolute atomic E-state index is 5.73. The van der Waals surface area contributed by atoms with Crippen LogP contribution in [0, 0.1) is 5.92 Å². The first-order valence-corrected chi connectivity index (χ1v) is 6.72. The van der Waals surface area contributed by atoms with E-state index in [9.17, 15) is 0 Å². The average Bonchev–Trinajstić information content (AvgIpc) is 2.65. The summed E-state index contributed by atoms with van der Waals surface area (Å²) in [6.07, 6.45) is 2.35. The molecule has 2 aliphatic rings. The fraction of sp³-hybridized carbons (Fsp3) is 0.909. The Hall–Kier alpha value is -0.220. The van der Waals surface area contributed by atoms with Crippen molar-refractivity contribution in [1.82, 2.24) is 5.32 Å². The first-order chi connectivity index (χ1) is 7.18. The van der Waals surface area contributed by atoms with Crippen molar-refractivity contribution in [1.29, 1.82) is 0 Å². The highest BCUT2D eigenvalue weighted by molar-refractivity contribution is 8.13. The molecule has 2 unspecified atom stereocenters. The van der Waals surface area contributed by atoms with Gasteiger partial charge in [0.15, 0.2) is 5.17 Å². The molecule has 0 bridgehead atoms. The molecule has 86 valence electrons. The average molecular weight is 228 g/mol. The third-order valence-corrected chi connectivity index (χ3v) is 4.25. The molecule has 2 rings (SSSR count). The number of thioether (sulfide) groups is 1. The van der Waals surface area contributed by atoms with E-state index in [1.807, 2.05) is 11.8 Å². The second-order valence-corrected chi connectivity index (χ2v) is 5.83. The van der Waals surface area contributed by atoms with E-state index in [0.717, 1.165) is 37.2 Å². The smallest absolute Gasteiger partial charge is 0.156 e. The van der Waals surface area contributed by atoms with Crippen LogP contribution in [0.15, 0.2) is 4.99 Å². The quantitative estimate of drug-likeness (QED) is 0.783.